The highest BCUT2D eigenvalue weighted by Gasteiger charge is 2.47. The maximum atomic E-state index is 13.4. The van der Waals surface area contributed by atoms with Crippen molar-refractivity contribution in [3.8, 4) is 0 Å². The molecule has 0 saturated carbocycles. The third-order valence-electron chi connectivity index (χ3n) is 5.25. The van der Waals surface area contributed by atoms with Crippen molar-refractivity contribution in [3.63, 3.8) is 0 Å². The Kier molecular flexibility index (Phi) is 7.94. The van der Waals surface area contributed by atoms with Crippen molar-refractivity contribution in [2.75, 3.05) is 13.2 Å². The quantitative estimate of drug-likeness (QED) is 0.602. The van der Waals surface area contributed by atoms with Gasteiger partial charge in [-0.25, -0.2) is 4.99 Å². The molecule has 0 spiro atoms. The number of carbonyl (C=O) groups excluding carboxylic acids is 1. The van der Waals surface area contributed by atoms with Gasteiger partial charge in [0.25, 0.3) is 5.91 Å². The summed E-state index contributed by atoms with van der Waals surface area (Å²) in [6, 6.07) is 5.66. The average Bonchev–Trinajstić information content (AvgIpc) is 2.90. The van der Waals surface area contributed by atoms with Crippen LogP contribution in [-0.4, -0.2) is 46.0 Å². The summed E-state index contributed by atoms with van der Waals surface area (Å²) in [6.45, 7) is 17.3. The zero-order valence-electron chi connectivity index (χ0n) is 20.1. The van der Waals surface area contributed by atoms with E-state index in [2.05, 4.69) is 59.6 Å². The smallest absolute Gasteiger partial charge is 0.261 e. The van der Waals surface area contributed by atoms with E-state index in [0.717, 1.165) is 17.4 Å². The van der Waals surface area contributed by atoms with Gasteiger partial charge in [0.2, 0.25) is 0 Å². The van der Waals surface area contributed by atoms with Crippen molar-refractivity contribution in [1.82, 2.24) is 9.99 Å². The van der Waals surface area contributed by atoms with Crippen LogP contribution in [-0.2, 0) is 4.79 Å². The van der Waals surface area contributed by atoms with Crippen molar-refractivity contribution in [3.05, 3.63) is 35.1 Å². The number of nitrogens with one attached hydrogen (secondary N) is 1. The van der Waals surface area contributed by atoms with Gasteiger partial charge in [0, 0.05) is 27.2 Å². The first-order valence-corrected chi connectivity index (χ1v) is 11.9. The molecule has 0 fully saturated rings. The SMILES string of the molecule is CCO.Cc1cccc2c1PNC(C1=C(O)C(C(C)(C)C)N(CCC(C)(C)C)C1=O)=N2. The molecule has 1 aromatic rings. The second-order valence-corrected chi connectivity index (χ2v) is 11.3. The maximum Gasteiger partial charge on any atom is 0.261 e. The molecule has 0 aliphatic carbocycles. The Morgan fingerprint density at radius 1 is 1.19 bits per heavy atom. The molecule has 2 heterocycles. The van der Waals surface area contributed by atoms with Gasteiger partial charge in [0.05, 0.1) is 11.7 Å². The molecule has 0 bridgehead atoms. The van der Waals surface area contributed by atoms with Gasteiger partial charge >= 0.3 is 0 Å². The molecule has 2 aliphatic heterocycles. The van der Waals surface area contributed by atoms with E-state index in [-0.39, 0.29) is 35.1 Å². The first kappa shape index (κ1) is 25.4. The number of rotatable bonds is 3. The third-order valence-corrected chi connectivity index (χ3v) is 6.51. The van der Waals surface area contributed by atoms with Crippen molar-refractivity contribution in [2.45, 2.75) is 67.9 Å². The Morgan fingerprint density at radius 3 is 2.35 bits per heavy atom. The standard InChI is InChI=1S/C22H32N3O2P.C2H6O/c1-13-9-8-10-14-17(13)28-24-19(23-14)15-16(26)18(22(5,6)7)25(20(15)27)12-11-21(2,3)4;1-2-3/h8-10,18,26,28H,11-12H2,1-7H3,(H,23,24);3H,2H2,1H3. The lowest BCUT2D eigenvalue weighted by Gasteiger charge is -2.36. The van der Waals surface area contributed by atoms with E-state index in [1.807, 2.05) is 17.0 Å². The van der Waals surface area contributed by atoms with Gasteiger partial charge < -0.3 is 20.2 Å². The Balaban J connectivity index is 0.00000107. The van der Waals surface area contributed by atoms with Crippen LogP contribution in [0.2, 0.25) is 0 Å². The van der Waals surface area contributed by atoms with Gasteiger partial charge in [-0.3, -0.25) is 4.79 Å². The van der Waals surface area contributed by atoms with E-state index in [1.54, 1.807) is 6.92 Å². The second-order valence-electron chi connectivity index (χ2n) is 10.3. The topological polar surface area (TPSA) is 85.2 Å². The van der Waals surface area contributed by atoms with Gasteiger partial charge in [0.1, 0.15) is 17.2 Å². The van der Waals surface area contributed by atoms with Crippen LogP contribution < -0.4 is 10.4 Å². The first-order chi connectivity index (χ1) is 14.3. The molecule has 3 N–H and O–H groups in total. The van der Waals surface area contributed by atoms with Crippen molar-refractivity contribution < 1.29 is 15.0 Å². The van der Waals surface area contributed by atoms with Crippen molar-refractivity contribution in [1.29, 1.82) is 0 Å². The minimum absolute atomic E-state index is 0.111. The number of aliphatic imine (C=N–C) groups is 1. The molecule has 31 heavy (non-hydrogen) atoms. The molecule has 1 aromatic carbocycles. The van der Waals surface area contributed by atoms with E-state index in [1.165, 1.54) is 5.56 Å². The highest BCUT2D eigenvalue weighted by atomic mass is 31.1. The normalized spacial score (nSPS) is 19.6. The summed E-state index contributed by atoms with van der Waals surface area (Å²) in [6.07, 6.45) is 0.871. The van der Waals surface area contributed by atoms with Gasteiger partial charge in [-0.1, -0.05) is 53.7 Å². The summed E-state index contributed by atoms with van der Waals surface area (Å²) in [5.41, 5.74) is 2.22. The molecule has 1 amide bonds. The zero-order valence-corrected chi connectivity index (χ0v) is 21.1. The van der Waals surface area contributed by atoms with Gasteiger partial charge in [-0.05, 0) is 42.7 Å². The van der Waals surface area contributed by atoms with Gasteiger partial charge in [-0.15, -0.1) is 0 Å². The molecule has 0 saturated heterocycles. The van der Waals surface area contributed by atoms with E-state index in [4.69, 9.17) is 10.1 Å². The molecular weight excluding hydrogens is 409 g/mol. The summed E-state index contributed by atoms with van der Waals surface area (Å²) in [4.78, 5) is 19.9. The summed E-state index contributed by atoms with van der Waals surface area (Å²) >= 11 is 0. The van der Waals surface area contributed by atoms with Gasteiger partial charge in [-0.2, -0.15) is 0 Å². The minimum Gasteiger partial charge on any atom is -0.509 e. The summed E-state index contributed by atoms with van der Waals surface area (Å²) in [7, 11) is 0.324. The van der Waals surface area contributed by atoms with Crippen LogP contribution in [0, 0.1) is 17.8 Å². The molecule has 2 aliphatic rings. The van der Waals surface area contributed by atoms with Crippen LogP contribution in [0.5, 0.6) is 0 Å². The number of carbonyl (C=O) groups is 1. The average molecular weight is 448 g/mol. The van der Waals surface area contributed by atoms with E-state index in [9.17, 15) is 9.90 Å². The number of benzene rings is 1. The van der Waals surface area contributed by atoms with Crippen LogP contribution in [0.1, 0.15) is 60.5 Å². The molecule has 6 nitrogen and oxygen atoms in total. The Labute approximate surface area is 188 Å². The fourth-order valence-electron chi connectivity index (χ4n) is 3.74. The van der Waals surface area contributed by atoms with E-state index < -0.39 is 0 Å². The lowest BCUT2D eigenvalue weighted by Crippen LogP contribution is -2.45. The first-order valence-electron chi connectivity index (χ1n) is 10.9. The summed E-state index contributed by atoms with van der Waals surface area (Å²) < 4.78 is 0. The Morgan fingerprint density at radius 2 is 1.81 bits per heavy atom. The molecule has 172 valence electrons. The molecule has 7 heteroatoms. The zero-order chi connectivity index (χ0) is 23.6. The minimum atomic E-state index is -0.343. The molecule has 3 rings (SSSR count). The van der Waals surface area contributed by atoms with E-state index >= 15 is 0 Å². The lowest BCUT2D eigenvalue weighted by molar-refractivity contribution is -0.128. The van der Waals surface area contributed by atoms with Crippen LogP contribution in [0.3, 0.4) is 0 Å². The number of aryl methyl sites for hydroxylation is 1. The predicted molar refractivity (Wildman–Crippen MR) is 131 cm³/mol. The highest BCUT2D eigenvalue weighted by molar-refractivity contribution is 7.46. The van der Waals surface area contributed by atoms with Crippen LogP contribution >= 0.6 is 8.73 Å². The number of aliphatic hydroxyl groups excluding tert-OH is 2. The Bertz CT molecular complexity index is 879. The Hall–Kier alpha value is -1.91. The predicted octanol–water partition coefficient (Wildman–Crippen LogP) is 4.35. The highest BCUT2D eigenvalue weighted by Crippen LogP contribution is 2.39. The number of aliphatic hydroxyl groups is 2. The fraction of sp³-hybridized carbons (Fsp3) is 0.583. The number of amides is 1. The number of hydrogen-bond acceptors (Lipinski definition) is 5. The number of nitrogens with zero attached hydrogens (tertiary/aromatic N) is 2. The molecule has 2 unspecified atom stereocenters. The van der Waals surface area contributed by atoms with Crippen molar-refractivity contribution in [2.24, 2.45) is 15.8 Å². The van der Waals surface area contributed by atoms with Crippen LogP contribution in [0.25, 0.3) is 0 Å². The monoisotopic (exact) mass is 447 g/mol. The van der Waals surface area contributed by atoms with E-state index in [0.29, 0.717) is 26.7 Å². The fourth-order valence-corrected chi connectivity index (χ4v) is 4.71. The largest absolute Gasteiger partial charge is 0.509 e. The number of fused-ring (bicyclic) bond motifs is 1. The molecular formula is C24H38N3O3P. The van der Waals surface area contributed by atoms with Crippen molar-refractivity contribution >= 4 is 31.5 Å². The molecule has 0 radical (unpaired) electrons. The van der Waals surface area contributed by atoms with Crippen LogP contribution in [0.4, 0.5) is 5.69 Å². The van der Waals surface area contributed by atoms with Crippen LogP contribution in [0.15, 0.2) is 34.5 Å². The summed E-state index contributed by atoms with van der Waals surface area (Å²) in [5, 5.41) is 23.1. The second kappa shape index (κ2) is 9.70. The molecule has 0 aromatic heterocycles. The number of hydrogen-bond donors (Lipinski definition) is 3. The number of amidine groups is 1. The maximum absolute atomic E-state index is 13.4. The van der Waals surface area contributed by atoms with Gasteiger partial charge in [0.15, 0.2) is 0 Å². The molecule has 2 atom stereocenters. The lowest BCUT2D eigenvalue weighted by atomic mass is 9.84. The summed E-state index contributed by atoms with van der Waals surface area (Å²) in [5.74, 6) is 0.499. The third kappa shape index (κ3) is 5.87.